The molecule has 0 aliphatic heterocycles. The van der Waals surface area contributed by atoms with Crippen LogP contribution in [0.4, 0.5) is 0 Å². The van der Waals surface area contributed by atoms with Crippen molar-refractivity contribution in [1.82, 2.24) is 0 Å². The predicted octanol–water partition coefficient (Wildman–Crippen LogP) is 14.4. The van der Waals surface area contributed by atoms with Crippen molar-refractivity contribution in [2.24, 2.45) is 0 Å². The normalized spacial score (nSPS) is 10.7. The number of ether oxygens (including phenoxy) is 8. The highest BCUT2D eigenvalue weighted by Gasteiger charge is 2.25. The highest BCUT2D eigenvalue weighted by atomic mass is 16.6. The van der Waals surface area contributed by atoms with Crippen LogP contribution in [0, 0.1) is 0 Å². The first-order valence-electron chi connectivity index (χ1n) is 26.5. The molecule has 16 nitrogen and oxygen atoms in total. The standard InChI is InChI=1S/C70H62O16/c1-15-44(12)68(76)84-60-37-58(50-25-33-54(34-26-50)82-66(74)42(8)9)62(38-57(60)49-23-31-53(32-24-49)81-65(73)41(6)7)86-70(78)46(14)18-16-17-45(13)69(77)85-61-36-55(47-19-27-51(28-20-47)79-63(71)39(2)3)59(83-67(75)43(10)11)35-56(61)48-21-29-52(30-22-48)80-64(72)40(4)5/h15,19-38H,2,4,6,8,10,13-14,16-18H2,1,3,5,7,9,11-12H3/b44-15-. The Morgan fingerprint density at radius 3 is 0.744 bits per heavy atom. The van der Waals surface area contributed by atoms with E-state index >= 15 is 0 Å². The number of rotatable bonds is 24. The van der Waals surface area contributed by atoms with Gasteiger partial charge in [0.2, 0.25) is 0 Å². The van der Waals surface area contributed by atoms with Gasteiger partial charge < -0.3 is 37.9 Å². The number of hydrogen-bond acceptors (Lipinski definition) is 16. The largest absolute Gasteiger partial charge is 0.423 e. The number of allylic oxidation sites excluding steroid dienone is 1. The van der Waals surface area contributed by atoms with Crippen LogP contribution in [-0.4, -0.2) is 47.8 Å². The maximum absolute atomic E-state index is 14.1. The van der Waals surface area contributed by atoms with Gasteiger partial charge in [0.05, 0.1) is 0 Å². The number of hydrogen-bond donors (Lipinski definition) is 0. The fraction of sp³-hybridized carbons (Fsp3) is 0.143. The Balaban J connectivity index is 1.30. The third-order valence-corrected chi connectivity index (χ3v) is 12.5. The Labute approximate surface area is 498 Å². The second kappa shape index (κ2) is 28.8. The second-order valence-corrected chi connectivity index (χ2v) is 19.8. The topological polar surface area (TPSA) is 210 Å². The summed E-state index contributed by atoms with van der Waals surface area (Å²) < 4.78 is 45.6. The number of carbonyl (C=O) groups is 8. The summed E-state index contributed by atoms with van der Waals surface area (Å²) in [6.07, 6.45) is 1.77. The first-order chi connectivity index (χ1) is 40.7. The Bertz CT molecular complexity index is 3830. The van der Waals surface area contributed by atoms with Crippen LogP contribution in [0.15, 0.2) is 218 Å². The summed E-state index contributed by atoms with van der Waals surface area (Å²) in [6, 6.07) is 31.1. The molecule has 0 saturated carbocycles. The lowest BCUT2D eigenvalue weighted by molar-refractivity contribution is -0.131. The van der Waals surface area contributed by atoms with E-state index in [1.54, 1.807) is 68.5 Å². The lowest BCUT2D eigenvalue weighted by Crippen LogP contribution is -2.14. The van der Waals surface area contributed by atoms with Crippen molar-refractivity contribution in [1.29, 1.82) is 0 Å². The van der Waals surface area contributed by atoms with Gasteiger partial charge in [-0.2, -0.15) is 0 Å². The van der Waals surface area contributed by atoms with Crippen LogP contribution in [0.1, 0.15) is 67.7 Å². The lowest BCUT2D eigenvalue weighted by Gasteiger charge is -2.18. The molecule has 0 aromatic heterocycles. The molecule has 0 N–H and O–H groups in total. The molecule has 0 aliphatic rings. The lowest BCUT2D eigenvalue weighted by atomic mass is 9.97. The van der Waals surface area contributed by atoms with Gasteiger partial charge in [0.1, 0.15) is 46.0 Å². The summed E-state index contributed by atoms with van der Waals surface area (Å²) in [6.45, 7) is 37.0. The summed E-state index contributed by atoms with van der Waals surface area (Å²) >= 11 is 0. The Hall–Kier alpha value is -11.0. The van der Waals surface area contributed by atoms with E-state index in [0.717, 1.165) is 0 Å². The van der Waals surface area contributed by atoms with E-state index < -0.39 is 47.8 Å². The number of benzene rings is 6. The van der Waals surface area contributed by atoms with Gasteiger partial charge in [-0.25, -0.2) is 38.4 Å². The quantitative estimate of drug-likeness (QED) is 0.0313. The highest BCUT2D eigenvalue weighted by Crippen LogP contribution is 2.45. The van der Waals surface area contributed by atoms with Crippen molar-refractivity contribution < 1.29 is 76.3 Å². The minimum Gasteiger partial charge on any atom is -0.423 e. The average molecular weight is 1160 g/mol. The van der Waals surface area contributed by atoms with E-state index in [2.05, 4.69) is 46.1 Å². The Morgan fingerprint density at radius 2 is 0.523 bits per heavy atom. The molecule has 0 fully saturated rings. The molecule has 0 heterocycles. The van der Waals surface area contributed by atoms with Gasteiger partial charge in [-0.1, -0.05) is 101 Å². The van der Waals surface area contributed by atoms with Gasteiger partial charge in [-0.05, 0) is 163 Å². The zero-order valence-electron chi connectivity index (χ0n) is 48.7. The summed E-state index contributed by atoms with van der Waals surface area (Å²) in [7, 11) is 0. The van der Waals surface area contributed by atoms with Crippen molar-refractivity contribution in [3.63, 3.8) is 0 Å². The van der Waals surface area contributed by atoms with Gasteiger partial charge in [-0.3, -0.25) is 0 Å². The maximum atomic E-state index is 14.1. The van der Waals surface area contributed by atoms with Gasteiger partial charge in [0.15, 0.2) is 0 Å². The molecule has 6 aromatic carbocycles. The Morgan fingerprint density at radius 1 is 0.314 bits per heavy atom. The summed E-state index contributed by atoms with van der Waals surface area (Å²) in [4.78, 5) is 104. The average Bonchev–Trinajstić information content (AvgIpc) is 1.27. The van der Waals surface area contributed by atoms with Crippen molar-refractivity contribution in [2.45, 2.75) is 67.7 Å². The van der Waals surface area contributed by atoms with Crippen LogP contribution < -0.4 is 37.9 Å². The molecule has 86 heavy (non-hydrogen) atoms. The summed E-state index contributed by atoms with van der Waals surface area (Å²) in [5.41, 5.74) is 4.11. The number of esters is 8. The van der Waals surface area contributed by atoms with E-state index in [-0.39, 0.29) is 121 Å². The SMILES string of the molecule is C=C(C)C(=O)Oc1ccc(-c2cc(OC(=O)C(=C)CCCC(=C)C(=O)Oc3cc(-c4ccc(OC(=O)C(=C)C)cc4)c(OC(=O)/C(C)=C\C)cc3-c3ccc(OC(=O)C(=C)C)cc3)c(-c3ccc(OC(=O)C(=C)C)cc3)cc2OC(=O)C(=C)C)cc1. The molecule has 0 radical (unpaired) electrons. The molecule has 6 rings (SSSR count). The van der Waals surface area contributed by atoms with Gasteiger partial charge in [-0.15, -0.1) is 0 Å². The fourth-order valence-corrected chi connectivity index (χ4v) is 7.50. The van der Waals surface area contributed by atoms with E-state index in [1.165, 1.54) is 107 Å². The van der Waals surface area contributed by atoms with Gasteiger partial charge >= 0.3 is 47.8 Å². The zero-order valence-corrected chi connectivity index (χ0v) is 48.7. The molecular formula is C70H62O16. The van der Waals surface area contributed by atoms with Crippen LogP contribution in [0.5, 0.6) is 46.0 Å². The molecule has 0 amide bonds. The van der Waals surface area contributed by atoms with Crippen LogP contribution in [0.3, 0.4) is 0 Å². The number of carbonyl (C=O) groups excluding carboxylic acids is 8. The summed E-state index contributed by atoms with van der Waals surface area (Å²) in [5.74, 6) is -4.74. The molecule has 0 spiro atoms. The van der Waals surface area contributed by atoms with E-state index in [0.29, 0.717) is 33.4 Å². The highest BCUT2D eigenvalue weighted by molar-refractivity contribution is 5.97. The molecule has 0 unspecified atom stereocenters. The molecular weight excluding hydrogens is 1100 g/mol. The van der Waals surface area contributed by atoms with E-state index in [9.17, 15) is 38.4 Å². The summed E-state index contributed by atoms with van der Waals surface area (Å²) in [5, 5.41) is 0. The van der Waals surface area contributed by atoms with Crippen molar-refractivity contribution in [3.8, 4) is 90.5 Å². The molecule has 438 valence electrons. The van der Waals surface area contributed by atoms with Crippen molar-refractivity contribution in [3.05, 3.63) is 218 Å². The van der Waals surface area contributed by atoms with Gasteiger partial charge in [0, 0.05) is 66.8 Å². The zero-order chi connectivity index (χ0) is 63.1. The van der Waals surface area contributed by atoms with Crippen LogP contribution in [0.25, 0.3) is 44.5 Å². The fourth-order valence-electron chi connectivity index (χ4n) is 7.50. The predicted molar refractivity (Wildman–Crippen MR) is 325 cm³/mol. The van der Waals surface area contributed by atoms with Crippen molar-refractivity contribution in [2.75, 3.05) is 0 Å². The Kier molecular flexibility index (Phi) is 21.5. The molecule has 0 aliphatic carbocycles. The van der Waals surface area contributed by atoms with Crippen molar-refractivity contribution >= 4 is 47.8 Å². The first kappa shape index (κ1) is 64.2. The van der Waals surface area contributed by atoms with E-state index in [1.807, 2.05) is 0 Å². The third kappa shape index (κ3) is 17.0. The minimum absolute atomic E-state index is 0.00341. The van der Waals surface area contributed by atoms with E-state index in [4.69, 9.17) is 37.9 Å². The molecule has 0 saturated heterocycles. The molecule has 0 atom stereocenters. The smallest absolute Gasteiger partial charge is 0.338 e. The maximum Gasteiger partial charge on any atom is 0.338 e. The monoisotopic (exact) mass is 1160 g/mol. The first-order valence-corrected chi connectivity index (χ1v) is 26.5. The van der Waals surface area contributed by atoms with Crippen LogP contribution in [0.2, 0.25) is 0 Å². The van der Waals surface area contributed by atoms with Crippen LogP contribution in [-0.2, 0) is 38.4 Å². The van der Waals surface area contributed by atoms with Crippen LogP contribution >= 0.6 is 0 Å². The van der Waals surface area contributed by atoms with Gasteiger partial charge in [0.25, 0.3) is 0 Å². The molecule has 0 bridgehead atoms. The third-order valence-electron chi connectivity index (χ3n) is 12.5. The second-order valence-electron chi connectivity index (χ2n) is 19.8. The molecule has 16 heteroatoms. The minimum atomic E-state index is -0.851. The molecule has 6 aromatic rings.